The van der Waals surface area contributed by atoms with Crippen LogP contribution in [0.4, 0.5) is 0 Å². The number of hydrogen-bond donors (Lipinski definition) is 3. The molecule has 0 spiro atoms. The Morgan fingerprint density at radius 3 is 1.85 bits per heavy atom. The first-order valence-corrected chi connectivity index (χ1v) is 8.54. The van der Waals surface area contributed by atoms with Crippen molar-refractivity contribution in [3.05, 3.63) is 70.8 Å². The number of rotatable bonds is 6. The lowest BCUT2D eigenvalue weighted by molar-refractivity contribution is -0.139. The van der Waals surface area contributed by atoms with Gasteiger partial charge in [-0.3, -0.25) is 4.79 Å². The molecule has 6 nitrogen and oxygen atoms in total. The number of carbonyl (C=O) groups excluding carboxylic acids is 1. The van der Waals surface area contributed by atoms with Crippen molar-refractivity contribution < 1.29 is 24.6 Å². The first-order valence-electron chi connectivity index (χ1n) is 8.54. The van der Waals surface area contributed by atoms with Gasteiger partial charge < -0.3 is 15.5 Å². The van der Waals surface area contributed by atoms with E-state index in [0.717, 1.165) is 5.56 Å². The van der Waals surface area contributed by atoms with E-state index in [9.17, 15) is 19.5 Å². The molecule has 0 aliphatic heterocycles. The Morgan fingerprint density at radius 2 is 1.41 bits per heavy atom. The van der Waals surface area contributed by atoms with Gasteiger partial charge in [0.2, 0.25) is 0 Å². The zero-order chi connectivity index (χ0) is 20.2. The van der Waals surface area contributed by atoms with E-state index in [0.29, 0.717) is 11.1 Å². The van der Waals surface area contributed by atoms with Crippen LogP contribution in [-0.2, 0) is 16.6 Å². The monoisotopic (exact) mass is 369 g/mol. The second kappa shape index (κ2) is 8.03. The molecular weight excluding hydrogens is 346 g/mol. The van der Waals surface area contributed by atoms with E-state index in [1.807, 2.05) is 12.1 Å². The van der Waals surface area contributed by atoms with Crippen molar-refractivity contribution in [3.8, 4) is 0 Å². The lowest BCUT2D eigenvalue weighted by Crippen LogP contribution is -2.42. The van der Waals surface area contributed by atoms with Crippen molar-refractivity contribution in [2.75, 3.05) is 0 Å². The fraction of sp³-hybridized carbons (Fsp3) is 0.286. The number of aliphatic carboxylic acids is 1. The molecule has 142 valence electrons. The summed E-state index contributed by atoms with van der Waals surface area (Å²) in [5.41, 5.74) is 2.16. The van der Waals surface area contributed by atoms with Crippen molar-refractivity contribution in [2.24, 2.45) is 0 Å². The minimum absolute atomic E-state index is 0.0410. The van der Waals surface area contributed by atoms with Crippen LogP contribution in [0.5, 0.6) is 0 Å². The van der Waals surface area contributed by atoms with E-state index in [2.05, 4.69) is 26.1 Å². The Bertz CT molecular complexity index is 832. The highest BCUT2D eigenvalue weighted by molar-refractivity contribution is 5.96. The van der Waals surface area contributed by atoms with E-state index >= 15 is 0 Å². The van der Waals surface area contributed by atoms with Gasteiger partial charge in [-0.15, -0.1) is 0 Å². The highest BCUT2D eigenvalue weighted by Gasteiger charge is 2.22. The van der Waals surface area contributed by atoms with Crippen molar-refractivity contribution in [1.82, 2.24) is 5.32 Å². The number of benzene rings is 2. The summed E-state index contributed by atoms with van der Waals surface area (Å²) in [5, 5.41) is 20.8. The highest BCUT2D eigenvalue weighted by Crippen LogP contribution is 2.22. The van der Waals surface area contributed by atoms with Crippen LogP contribution in [0.25, 0.3) is 0 Å². The van der Waals surface area contributed by atoms with Crippen LogP contribution in [0.2, 0.25) is 0 Å². The molecule has 0 unspecified atom stereocenters. The quantitative estimate of drug-likeness (QED) is 0.726. The van der Waals surface area contributed by atoms with E-state index in [1.165, 1.54) is 12.1 Å². The first kappa shape index (κ1) is 20.2. The third-order valence-electron chi connectivity index (χ3n) is 4.26. The Balaban J connectivity index is 2.10. The molecule has 6 heteroatoms. The molecule has 0 radical (unpaired) electrons. The zero-order valence-electron chi connectivity index (χ0n) is 15.5. The summed E-state index contributed by atoms with van der Waals surface area (Å²) in [5.74, 6) is -2.68. The summed E-state index contributed by atoms with van der Waals surface area (Å²) < 4.78 is 0. The van der Waals surface area contributed by atoms with E-state index in [-0.39, 0.29) is 17.4 Å². The minimum Gasteiger partial charge on any atom is -0.480 e. The van der Waals surface area contributed by atoms with Crippen LogP contribution in [0.15, 0.2) is 48.5 Å². The molecule has 2 rings (SSSR count). The molecule has 3 N–H and O–H groups in total. The molecule has 1 atom stereocenters. The van der Waals surface area contributed by atoms with Crippen molar-refractivity contribution in [2.45, 2.75) is 38.6 Å². The Morgan fingerprint density at radius 1 is 0.889 bits per heavy atom. The molecule has 0 aliphatic rings. The highest BCUT2D eigenvalue weighted by atomic mass is 16.4. The summed E-state index contributed by atoms with van der Waals surface area (Å²) in [7, 11) is 0. The molecule has 0 saturated heterocycles. The number of carboxylic acids is 2. The lowest BCUT2D eigenvalue weighted by Gasteiger charge is -2.19. The predicted octanol–water partition coefficient (Wildman–Crippen LogP) is 3.11. The summed E-state index contributed by atoms with van der Waals surface area (Å²) in [6.45, 7) is 6.20. The summed E-state index contributed by atoms with van der Waals surface area (Å²) in [6.07, 6.45) is 0.0566. The molecule has 2 aromatic carbocycles. The maximum Gasteiger partial charge on any atom is 0.335 e. The molecule has 0 heterocycles. The summed E-state index contributed by atoms with van der Waals surface area (Å²) >= 11 is 0. The largest absolute Gasteiger partial charge is 0.480 e. The Kier molecular flexibility index (Phi) is 6.00. The van der Waals surface area contributed by atoms with Crippen molar-refractivity contribution >= 4 is 17.8 Å². The fourth-order valence-electron chi connectivity index (χ4n) is 2.58. The maximum atomic E-state index is 12.4. The van der Waals surface area contributed by atoms with Crippen LogP contribution in [0.3, 0.4) is 0 Å². The van der Waals surface area contributed by atoms with Gasteiger partial charge in [-0.1, -0.05) is 45.0 Å². The molecular formula is C21H23NO5. The van der Waals surface area contributed by atoms with Gasteiger partial charge in [0.1, 0.15) is 6.04 Å². The van der Waals surface area contributed by atoms with Gasteiger partial charge in [-0.2, -0.15) is 0 Å². The van der Waals surface area contributed by atoms with Crippen LogP contribution in [0, 0.1) is 0 Å². The van der Waals surface area contributed by atoms with Crippen LogP contribution < -0.4 is 5.32 Å². The summed E-state index contributed by atoms with van der Waals surface area (Å²) in [6, 6.07) is 11.9. The van der Waals surface area contributed by atoms with Gasteiger partial charge >= 0.3 is 11.9 Å². The van der Waals surface area contributed by atoms with E-state index in [1.54, 1.807) is 24.3 Å². The molecule has 0 bridgehead atoms. The fourth-order valence-corrected chi connectivity index (χ4v) is 2.58. The normalized spacial score (nSPS) is 12.3. The molecule has 2 aromatic rings. The number of carboxylic acid groups (broad SMARTS) is 2. The molecule has 0 aromatic heterocycles. The molecule has 1 amide bonds. The van der Waals surface area contributed by atoms with Gasteiger partial charge in [0.15, 0.2) is 0 Å². The van der Waals surface area contributed by atoms with Gasteiger partial charge in [0.25, 0.3) is 5.91 Å². The van der Waals surface area contributed by atoms with Crippen molar-refractivity contribution in [1.29, 1.82) is 0 Å². The SMILES string of the molecule is CC(C)(C)c1ccc(C(=O)N[C@@H](Cc2ccc(C(=O)O)cc2)C(=O)O)cc1. The van der Waals surface area contributed by atoms with Crippen LogP contribution >= 0.6 is 0 Å². The average Bonchev–Trinajstić information content (AvgIpc) is 2.60. The van der Waals surface area contributed by atoms with Gasteiger partial charge in [-0.05, 0) is 40.8 Å². The number of aromatic carboxylic acids is 1. The number of amides is 1. The third-order valence-corrected chi connectivity index (χ3v) is 4.26. The first-order chi connectivity index (χ1) is 12.6. The molecule has 27 heavy (non-hydrogen) atoms. The molecule has 0 saturated carbocycles. The zero-order valence-corrected chi connectivity index (χ0v) is 15.5. The smallest absolute Gasteiger partial charge is 0.335 e. The van der Waals surface area contributed by atoms with Gasteiger partial charge in [0.05, 0.1) is 5.56 Å². The topological polar surface area (TPSA) is 104 Å². The van der Waals surface area contributed by atoms with Crippen LogP contribution in [0.1, 0.15) is 52.6 Å². The third kappa shape index (κ3) is 5.41. The second-order valence-electron chi connectivity index (χ2n) is 7.40. The van der Waals surface area contributed by atoms with E-state index < -0.39 is 23.9 Å². The number of carbonyl (C=O) groups is 3. The standard InChI is InChI=1S/C21H23NO5/c1-21(2,3)16-10-8-14(9-11-16)18(23)22-17(20(26)27)12-13-4-6-15(7-5-13)19(24)25/h4-11,17H,12H2,1-3H3,(H,22,23)(H,24,25)(H,26,27)/t17-/m0/s1. The van der Waals surface area contributed by atoms with E-state index in [4.69, 9.17) is 5.11 Å². The number of hydrogen-bond acceptors (Lipinski definition) is 3. The summed E-state index contributed by atoms with van der Waals surface area (Å²) in [4.78, 5) is 34.8. The van der Waals surface area contributed by atoms with Gasteiger partial charge in [0, 0.05) is 12.0 Å². The second-order valence-corrected chi connectivity index (χ2v) is 7.40. The Hall–Kier alpha value is -3.15. The maximum absolute atomic E-state index is 12.4. The van der Waals surface area contributed by atoms with Crippen molar-refractivity contribution in [3.63, 3.8) is 0 Å². The van der Waals surface area contributed by atoms with Crippen LogP contribution in [-0.4, -0.2) is 34.1 Å². The molecule has 0 fully saturated rings. The predicted molar refractivity (Wildman–Crippen MR) is 101 cm³/mol. The minimum atomic E-state index is -1.16. The lowest BCUT2D eigenvalue weighted by atomic mass is 9.86. The van der Waals surface area contributed by atoms with Gasteiger partial charge in [-0.25, -0.2) is 9.59 Å². The molecule has 0 aliphatic carbocycles. The number of nitrogens with one attached hydrogen (secondary N) is 1. The average molecular weight is 369 g/mol. The Labute approximate surface area is 157 Å².